The van der Waals surface area contributed by atoms with E-state index in [9.17, 15) is 13.6 Å². The molecule has 2 aromatic heterocycles. The van der Waals surface area contributed by atoms with E-state index in [1.54, 1.807) is 18.2 Å². The van der Waals surface area contributed by atoms with E-state index >= 15 is 0 Å². The molecular weight excluding hydrogens is 430 g/mol. The molecule has 0 aliphatic rings. The van der Waals surface area contributed by atoms with Gasteiger partial charge in [0.15, 0.2) is 5.16 Å². The van der Waals surface area contributed by atoms with Gasteiger partial charge >= 0.3 is 6.55 Å². The Kier molecular flexibility index (Phi) is 5.62. The van der Waals surface area contributed by atoms with E-state index in [1.807, 2.05) is 32.0 Å². The fourth-order valence-electron chi connectivity index (χ4n) is 3.19. The Bertz CT molecular complexity index is 1300. The molecule has 0 spiro atoms. The Morgan fingerprint density at radius 3 is 2.77 bits per heavy atom. The third kappa shape index (κ3) is 3.73. The highest BCUT2D eigenvalue weighted by molar-refractivity contribution is 7.98. The van der Waals surface area contributed by atoms with Crippen LogP contribution in [-0.4, -0.2) is 19.1 Å². The summed E-state index contributed by atoms with van der Waals surface area (Å²) in [4.78, 5) is 22.0. The number of alkyl halides is 2. The Labute approximate surface area is 180 Å². The van der Waals surface area contributed by atoms with E-state index in [1.165, 1.54) is 28.7 Å². The van der Waals surface area contributed by atoms with Crippen LogP contribution >= 0.6 is 23.4 Å². The van der Waals surface area contributed by atoms with Crippen molar-refractivity contribution in [3.63, 3.8) is 0 Å². The van der Waals surface area contributed by atoms with Crippen molar-refractivity contribution in [2.24, 2.45) is 0 Å². The first-order valence-electron chi connectivity index (χ1n) is 9.08. The number of aryl methyl sites for hydroxylation is 1. The van der Waals surface area contributed by atoms with Crippen LogP contribution in [0.15, 0.2) is 58.7 Å². The SMILES string of the molecule is Cc1cccc(-n2c(SCc3nccn3C(F)F)nc3cc(Cl)ccc3c2=O)c1C. The van der Waals surface area contributed by atoms with Crippen LogP contribution in [0, 0.1) is 13.8 Å². The van der Waals surface area contributed by atoms with Crippen LogP contribution in [-0.2, 0) is 5.75 Å². The molecule has 0 radical (unpaired) electrons. The summed E-state index contributed by atoms with van der Waals surface area (Å²) in [7, 11) is 0. The van der Waals surface area contributed by atoms with Crippen molar-refractivity contribution in [1.29, 1.82) is 0 Å². The van der Waals surface area contributed by atoms with Gasteiger partial charge in [0.05, 0.1) is 22.3 Å². The van der Waals surface area contributed by atoms with Crippen molar-refractivity contribution in [1.82, 2.24) is 19.1 Å². The van der Waals surface area contributed by atoms with Gasteiger partial charge in [0.1, 0.15) is 5.82 Å². The van der Waals surface area contributed by atoms with E-state index in [-0.39, 0.29) is 17.1 Å². The molecule has 0 atom stereocenters. The zero-order valence-corrected chi connectivity index (χ0v) is 17.7. The van der Waals surface area contributed by atoms with Gasteiger partial charge in [-0.25, -0.2) is 9.97 Å². The third-order valence-electron chi connectivity index (χ3n) is 4.91. The number of aromatic nitrogens is 4. The predicted octanol–water partition coefficient (Wildman–Crippen LogP) is 5.54. The van der Waals surface area contributed by atoms with Crippen LogP contribution in [0.2, 0.25) is 5.02 Å². The van der Waals surface area contributed by atoms with Crippen LogP contribution in [0.5, 0.6) is 0 Å². The van der Waals surface area contributed by atoms with Gasteiger partial charge < -0.3 is 0 Å². The molecule has 0 fully saturated rings. The van der Waals surface area contributed by atoms with E-state index in [0.717, 1.165) is 15.7 Å². The lowest BCUT2D eigenvalue weighted by Gasteiger charge is -2.16. The van der Waals surface area contributed by atoms with Gasteiger partial charge in [-0.2, -0.15) is 8.78 Å². The maximum Gasteiger partial charge on any atom is 0.319 e. The monoisotopic (exact) mass is 446 g/mol. The van der Waals surface area contributed by atoms with Crippen LogP contribution < -0.4 is 5.56 Å². The summed E-state index contributed by atoms with van der Waals surface area (Å²) in [5.74, 6) is 0.323. The largest absolute Gasteiger partial charge is 0.319 e. The maximum absolute atomic E-state index is 13.4. The van der Waals surface area contributed by atoms with Gasteiger partial charge in [-0.1, -0.05) is 35.5 Å². The van der Waals surface area contributed by atoms with E-state index in [0.29, 0.717) is 26.8 Å². The fraction of sp³-hybridized carbons (Fsp3) is 0.190. The lowest BCUT2D eigenvalue weighted by atomic mass is 10.1. The fourth-order valence-corrected chi connectivity index (χ4v) is 4.31. The second kappa shape index (κ2) is 8.20. The first-order valence-corrected chi connectivity index (χ1v) is 10.4. The van der Waals surface area contributed by atoms with Crippen LogP contribution in [0.3, 0.4) is 0 Å². The number of fused-ring (bicyclic) bond motifs is 1. The minimum Gasteiger partial charge on any atom is -0.277 e. The van der Waals surface area contributed by atoms with Gasteiger partial charge in [-0.15, -0.1) is 0 Å². The highest BCUT2D eigenvalue weighted by Crippen LogP contribution is 2.28. The average molecular weight is 447 g/mol. The van der Waals surface area contributed by atoms with Crippen LogP contribution in [0.1, 0.15) is 23.5 Å². The summed E-state index contributed by atoms with van der Waals surface area (Å²) in [6.45, 7) is 1.21. The standard InChI is InChI=1S/C21H17ClF2N4OS/c1-12-4-3-5-17(13(12)2)28-19(29)15-7-6-14(22)10-16(15)26-21(28)30-11-18-25-8-9-27(18)20(23)24/h3-10,20H,11H2,1-2H3. The van der Waals surface area contributed by atoms with Gasteiger partial charge in [-0.3, -0.25) is 13.9 Å². The number of hydrogen-bond donors (Lipinski definition) is 0. The second-order valence-corrected chi connectivity index (χ2v) is 8.11. The number of imidazole rings is 1. The molecule has 0 aliphatic heterocycles. The van der Waals surface area contributed by atoms with Gasteiger partial charge in [0, 0.05) is 17.4 Å². The third-order valence-corrected chi connectivity index (χ3v) is 6.08. The van der Waals surface area contributed by atoms with E-state index in [2.05, 4.69) is 9.97 Å². The second-order valence-electron chi connectivity index (χ2n) is 6.73. The summed E-state index contributed by atoms with van der Waals surface area (Å²) in [5.41, 5.74) is 2.87. The first kappa shape index (κ1) is 20.6. The van der Waals surface area contributed by atoms with Crippen molar-refractivity contribution in [2.75, 3.05) is 0 Å². The minimum atomic E-state index is -2.69. The van der Waals surface area contributed by atoms with Crippen molar-refractivity contribution in [3.05, 3.63) is 81.1 Å². The molecule has 4 aromatic rings. The number of benzene rings is 2. The molecule has 0 unspecified atom stereocenters. The molecule has 154 valence electrons. The highest BCUT2D eigenvalue weighted by Gasteiger charge is 2.18. The Balaban J connectivity index is 1.89. The molecule has 0 bridgehead atoms. The Hall–Kier alpha value is -2.71. The maximum atomic E-state index is 13.4. The van der Waals surface area contributed by atoms with Crippen molar-refractivity contribution in [3.8, 4) is 5.69 Å². The average Bonchev–Trinajstić information content (AvgIpc) is 3.18. The lowest BCUT2D eigenvalue weighted by Crippen LogP contribution is -2.23. The summed E-state index contributed by atoms with van der Waals surface area (Å²) >= 11 is 7.26. The molecule has 30 heavy (non-hydrogen) atoms. The zero-order chi connectivity index (χ0) is 21.4. The predicted molar refractivity (Wildman–Crippen MR) is 115 cm³/mol. The van der Waals surface area contributed by atoms with Crippen LogP contribution in [0.4, 0.5) is 8.78 Å². The van der Waals surface area contributed by atoms with E-state index in [4.69, 9.17) is 11.6 Å². The van der Waals surface area contributed by atoms with Gasteiger partial charge in [0.25, 0.3) is 5.56 Å². The molecule has 4 rings (SSSR count). The number of halogens is 3. The molecule has 0 saturated heterocycles. The quantitative estimate of drug-likeness (QED) is 0.298. The Morgan fingerprint density at radius 2 is 2.00 bits per heavy atom. The van der Waals surface area contributed by atoms with Crippen molar-refractivity contribution >= 4 is 34.3 Å². The normalized spacial score (nSPS) is 11.5. The molecular formula is C21H17ClF2N4OS. The number of hydrogen-bond acceptors (Lipinski definition) is 4. The number of nitrogens with zero attached hydrogens (tertiary/aromatic N) is 4. The lowest BCUT2D eigenvalue weighted by molar-refractivity contribution is 0.0678. The topological polar surface area (TPSA) is 52.7 Å². The minimum absolute atomic E-state index is 0.126. The molecule has 0 aliphatic carbocycles. The van der Waals surface area contributed by atoms with Crippen molar-refractivity contribution < 1.29 is 8.78 Å². The van der Waals surface area contributed by atoms with Gasteiger partial charge in [0.2, 0.25) is 0 Å². The number of thioether (sulfide) groups is 1. The first-order chi connectivity index (χ1) is 14.4. The van der Waals surface area contributed by atoms with Crippen molar-refractivity contribution in [2.45, 2.75) is 31.3 Å². The summed E-state index contributed by atoms with van der Waals surface area (Å²) < 4.78 is 28.7. The molecule has 9 heteroatoms. The molecule has 5 nitrogen and oxygen atoms in total. The number of rotatable bonds is 5. The van der Waals surface area contributed by atoms with Crippen LogP contribution in [0.25, 0.3) is 16.6 Å². The molecule has 0 amide bonds. The zero-order valence-electron chi connectivity index (χ0n) is 16.1. The van der Waals surface area contributed by atoms with E-state index < -0.39 is 6.55 Å². The summed E-state index contributed by atoms with van der Waals surface area (Å²) in [5, 5.41) is 1.27. The highest BCUT2D eigenvalue weighted by atomic mass is 35.5. The molecule has 0 saturated carbocycles. The molecule has 2 heterocycles. The smallest absolute Gasteiger partial charge is 0.277 e. The molecule has 2 aromatic carbocycles. The van der Waals surface area contributed by atoms with Gasteiger partial charge in [-0.05, 0) is 49.2 Å². The summed E-state index contributed by atoms with van der Waals surface area (Å²) in [6.07, 6.45) is 2.55. The summed E-state index contributed by atoms with van der Waals surface area (Å²) in [6, 6.07) is 10.6. The Morgan fingerprint density at radius 1 is 1.20 bits per heavy atom. The molecule has 0 N–H and O–H groups in total.